The lowest BCUT2D eigenvalue weighted by atomic mass is 9.94. The maximum atomic E-state index is 13.8. The number of benzene rings is 2. The first kappa shape index (κ1) is 27.3. The second kappa shape index (κ2) is 12.7. The third-order valence-electron chi connectivity index (χ3n) is 8.11. The lowest BCUT2D eigenvalue weighted by Gasteiger charge is -2.31. The molecule has 8 heteroatoms. The van der Waals surface area contributed by atoms with E-state index in [1.54, 1.807) is 0 Å². The molecule has 7 nitrogen and oxygen atoms in total. The van der Waals surface area contributed by atoms with E-state index in [2.05, 4.69) is 21.3 Å². The van der Waals surface area contributed by atoms with Crippen molar-refractivity contribution in [2.75, 3.05) is 19.6 Å². The highest BCUT2D eigenvalue weighted by Gasteiger charge is 2.44. The Morgan fingerprint density at radius 2 is 1.69 bits per heavy atom. The molecule has 1 saturated heterocycles. The van der Waals surface area contributed by atoms with Gasteiger partial charge in [0.2, 0.25) is 11.8 Å². The van der Waals surface area contributed by atoms with Crippen LogP contribution in [0.2, 0.25) is 0 Å². The van der Waals surface area contributed by atoms with Gasteiger partial charge in [-0.1, -0.05) is 61.4 Å². The molecule has 0 bridgehead atoms. The van der Waals surface area contributed by atoms with Gasteiger partial charge in [-0.05, 0) is 74.2 Å². The normalized spacial score (nSPS) is 17.9. The van der Waals surface area contributed by atoms with E-state index >= 15 is 0 Å². The Hall–Kier alpha value is -3.23. The third kappa shape index (κ3) is 6.86. The summed E-state index contributed by atoms with van der Waals surface area (Å²) in [7, 11) is 0. The van der Waals surface area contributed by atoms with Crippen molar-refractivity contribution in [3.8, 4) is 0 Å². The molecule has 2 fully saturated rings. The lowest BCUT2D eigenvalue weighted by Crippen LogP contribution is -2.61. The van der Waals surface area contributed by atoms with Gasteiger partial charge in [0, 0.05) is 17.7 Å². The fourth-order valence-electron chi connectivity index (χ4n) is 5.81. The number of fused-ring (bicyclic) bond motifs is 1. The molecule has 206 valence electrons. The molecule has 1 atom stereocenters. The Balaban J connectivity index is 1.27. The van der Waals surface area contributed by atoms with Crippen LogP contribution >= 0.6 is 11.3 Å². The Labute approximate surface area is 234 Å². The molecule has 39 heavy (non-hydrogen) atoms. The summed E-state index contributed by atoms with van der Waals surface area (Å²) in [6.07, 6.45) is 6.42. The summed E-state index contributed by atoms with van der Waals surface area (Å²) >= 11 is 1.43. The maximum Gasteiger partial charge on any atom is 0.262 e. The molecule has 1 aromatic heterocycles. The number of thiophene rings is 1. The Morgan fingerprint density at radius 3 is 2.44 bits per heavy atom. The summed E-state index contributed by atoms with van der Waals surface area (Å²) in [5.74, 6) is -0.0760. The Kier molecular flexibility index (Phi) is 8.94. The second-order valence-corrected chi connectivity index (χ2v) is 12.0. The molecule has 2 aromatic carbocycles. The minimum absolute atomic E-state index is 0.176. The average Bonchev–Trinajstić information content (AvgIpc) is 3.62. The van der Waals surface area contributed by atoms with Gasteiger partial charge in [-0.2, -0.15) is 0 Å². The number of amides is 3. The first-order chi connectivity index (χ1) is 19.0. The highest BCUT2D eigenvalue weighted by molar-refractivity contribution is 7.20. The molecular weight excluding hydrogens is 508 g/mol. The van der Waals surface area contributed by atoms with Crippen LogP contribution < -0.4 is 21.3 Å². The fourth-order valence-corrected chi connectivity index (χ4v) is 6.77. The molecule has 1 aliphatic carbocycles. The van der Waals surface area contributed by atoms with Crippen molar-refractivity contribution in [3.63, 3.8) is 0 Å². The van der Waals surface area contributed by atoms with E-state index < -0.39 is 11.6 Å². The highest BCUT2D eigenvalue weighted by Crippen LogP contribution is 2.32. The maximum absolute atomic E-state index is 13.8. The van der Waals surface area contributed by atoms with E-state index in [4.69, 9.17) is 0 Å². The fraction of sp³-hybridized carbons (Fsp3) is 0.452. The number of carbonyl (C=O) groups is 3. The summed E-state index contributed by atoms with van der Waals surface area (Å²) in [5.41, 5.74) is -0.0384. The van der Waals surface area contributed by atoms with Crippen LogP contribution in [0.4, 0.5) is 0 Å². The summed E-state index contributed by atoms with van der Waals surface area (Å²) in [6.45, 7) is 2.65. The third-order valence-corrected chi connectivity index (χ3v) is 9.22. The van der Waals surface area contributed by atoms with Gasteiger partial charge < -0.3 is 21.3 Å². The first-order valence-electron chi connectivity index (χ1n) is 14.2. The molecule has 1 saturated carbocycles. The Bertz CT molecular complexity index is 1250. The smallest absolute Gasteiger partial charge is 0.262 e. The average molecular weight is 547 g/mol. The predicted octanol–water partition coefficient (Wildman–Crippen LogP) is 4.18. The zero-order chi connectivity index (χ0) is 27.1. The molecule has 4 N–H and O–H groups in total. The minimum Gasteiger partial charge on any atom is -0.354 e. The van der Waals surface area contributed by atoms with Crippen LogP contribution in [-0.4, -0.2) is 48.9 Å². The predicted molar refractivity (Wildman–Crippen MR) is 156 cm³/mol. The van der Waals surface area contributed by atoms with Crippen LogP contribution in [0.1, 0.15) is 60.2 Å². The van der Waals surface area contributed by atoms with Gasteiger partial charge in [0.1, 0.15) is 11.6 Å². The van der Waals surface area contributed by atoms with Crippen LogP contribution in [0.3, 0.4) is 0 Å². The van der Waals surface area contributed by atoms with E-state index in [0.29, 0.717) is 36.6 Å². The summed E-state index contributed by atoms with van der Waals surface area (Å²) in [6, 6.07) is 18.8. The molecule has 1 aliphatic heterocycles. The van der Waals surface area contributed by atoms with Gasteiger partial charge in [-0.25, -0.2) is 0 Å². The van der Waals surface area contributed by atoms with Crippen molar-refractivity contribution in [1.82, 2.24) is 21.3 Å². The molecule has 0 radical (unpaired) electrons. The van der Waals surface area contributed by atoms with Gasteiger partial charge >= 0.3 is 0 Å². The monoisotopic (exact) mass is 546 g/mol. The molecule has 3 amide bonds. The van der Waals surface area contributed by atoms with Crippen molar-refractivity contribution in [1.29, 1.82) is 0 Å². The SMILES string of the molecule is O=C(NC1(C(=O)N[C@H](Cc2ccccc2)C(=O)NCCC2CCNCC2)CCCC1)c1cc2ccccc2s1. The zero-order valence-corrected chi connectivity index (χ0v) is 23.2. The molecule has 0 spiro atoms. The molecule has 3 aromatic rings. The Morgan fingerprint density at radius 1 is 0.974 bits per heavy atom. The van der Waals surface area contributed by atoms with Gasteiger partial charge in [0.15, 0.2) is 0 Å². The van der Waals surface area contributed by atoms with Crippen molar-refractivity contribution >= 4 is 39.1 Å². The number of hydrogen-bond donors (Lipinski definition) is 4. The van der Waals surface area contributed by atoms with Crippen LogP contribution in [0.15, 0.2) is 60.7 Å². The number of carbonyl (C=O) groups excluding carboxylic acids is 3. The van der Waals surface area contributed by atoms with Crippen molar-refractivity contribution in [2.45, 2.75) is 62.9 Å². The van der Waals surface area contributed by atoms with Gasteiger partial charge in [-0.3, -0.25) is 14.4 Å². The van der Waals surface area contributed by atoms with Crippen molar-refractivity contribution in [2.24, 2.45) is 5.92 Å². The number of hydrogen-bond acceptors (Lipinski definition) is 5. The summed E-state index contributed by atoms with van der Waals surface area (Å²) in [4.78, 5) is 41.1. The standard InChI is InChI=1S/C31H38N4O3S/c36-28(33-19-14-22-12-17-32-18-13-22)25(20-23-8-2-1-3-9-23)34-30(38)31(15-6-7-16-31)35-29(37)27-21-24-10-4-5-11-26(24)39-27/h1-5,8-11,21-22,25,32H,6-7,12-20H2,(H,33,36)(H,34,38)(H,35,37)/t25-/m1/s1. The lowest BCUT2D eigenvalue weighted by molar-refractivity contribution is -0.132. The molecule has 2 aliphatic rings. The molecular formula is C31H38N4O3S. The van der Waals surface area contributed by atoms with E-state index in [0.717, 1.165) is 60.8 Å². The number of nitrogens with one attached hydrogen (secondary N) is 4. The largest absolute Gasteiger partial charge is 0.354 e. The van der Waals surface area contributed by atoms with E-state index in [9.17, 15) is 14.4 Å². The second-order valence-electron chi connectivity index (χ2n) is 10.9. The van der Waals surface area contributed by atoms with Crippen LogP contribution in [0.25, 0.3) is 10.1 Å². The summed E-state index contributed by atoms with van der Waals surface area (Å²) < 4.78 is 1.04. The van der Waals surface area contributed by atoms with Crippen LogP contribution in [-0.2, 0) is 16.0 Å². The zero-order valence-electron chi connectivity index (χ0n) is 22.3. The quantitative estimate of drug-likeness (QED) is 0.307. The van der Waals surface area contributed by atoms with Crippen LogP contribution in [0, 0.1) is 5.92 Å². The van der Waals surface area contributed by atoms with Gasteiger partial charge in [-0.15, -0.1) is 11.3 Å². The van der Waals surface area contributed by atoms with Crippen molar-refractivity contribution in [3.05, 3.63) is 71.1 Å². The van der Waals surface area contributed by atoms with Gasteiger partial charge in [0.25, 0.3) is 5.91 Å². The van der Waals surface area contributed by atoms with E-state index in [-0.39, 0.29) is 17.7 Å². The van der Waals surface area contributed by atoms with Crippen LogP contribution in [0.5, 0.6) is 0 Å². The first-order valence-corrected chi connectivity index (χ1v) is 15.0. The number of rotatable bonds is 10. The highest BCUT2D eigenvalue weighted by atomic mass is 32.1. The summed E-state index contributed by atoms with van der Waals surface area (Å²) in [5, 5.41) is 13.6. The number of piperidine rings is 1. The van der Waals surface area contributed by atoms with E-state index in [1.807, 2.05) is 60.7 Å². The topological polar surface area (TPSA) is 99.3 Å². The van der Waals surface area contributed by atoms with Crippen molar-refractivity contribution < 1.29 is 14.4 Å². The minimum atomic E-state index is -1.02. The molecule has 2 heterocycles. The molecule has 5 rings (SSSR count). The van der Waals surface area contributed by atoms with Gasteiger partial charge in [0.05, 0.1) is 4.88 Å². The molecule has 0 unspecified atom stereocenters. The van der Waals surface area contributed by atoms with E-state index in [1.165, 1.54) is 11.3 Å².